The van der Waals surface area contributed by atoms with Crippen molar-refractivity contribution in [1.82, 2.24) is 15.1 Å². The zero-order valence-electron chi connectivity index (χ0n) is 16.9. The van der Waals surface area contributed by atoms with Crippen molar-refractivity contribution in [1.29, 1.82) is 0 Å². The highest BCUT2D eigenvalue weighted by Crippen LogP contribution is 2.31. The number of nitrogens with zero attached hydrogens (tertiary/aromatic N) is 2. The maximum absolute atomic E-state index is 13.1. The van der Waals surface area contributed by atoms with E-state index < -0.39 is 0 Å². The zero-order chi connectivity index (χ0) is 19.3. The van der Waals surface area contributed by atoms with Gasteiger partial charge in [0.2, 0.25) is 11.8 Å². The van der Waals surface area contributed by atoms with Gasteiger partial charge in [-0.3, -0.25) is 9.59 Å². The molecule has 7 heteroatoms. The lowest BCUT2D eigenvalue weighted by Gasteiger charge is -2.36. The molecule has 0 radical (unpaired) electrons. The van der Waals surface area contributed by atoms with E-state index in [1.54, 1.807) is 0 Å². The van der Waals surface area contributed by atoms with Crippen LogP contribution in [0.4, 0.5) is 0 Å². The van der Waals surface area contributed by atoms with Crippen LogP contribution >= 0.6 is 12.4 Å². The van der Waals surface area contributed by atoms with Crippen LogP contribution in [0.25, 0.3) is 0 Å². The number of halogens is 1. The summed E-state index contributed by atoms with van der Waals surface area (Å²) in [6, 6.07) is 10.4. The average molecular weight is 422 g/mol. The fourth-order valence-electron chi connectivity index (χ4n) is 4.86. The van der Waals surface area contributed by atoms with Gasteiger partial charge in [0.1, 0.15) is 5.75 Å². The molecule has 3 heterocycles. The number of likely N-dealkylation sites (tertiary alicyclic amines) is 1. The molecule has 1 aromatic rings. The summed E-state index contributed by atoms with van der Waals surface area (Å²) in [7, 11) is 0. The van der Waals surface area contributed by atoms with Crippen molar-refractivity contribution < 1.29 is 14.3 Å². The number of carbonyl (C=O) groups excluding carboxylic acids is 2. The highest BCUT2D eigenvalue weighted by molar-refractivity contribution is 5.85. The number of amides is 2. The number of carbonyl (C=O) groups is 2. The summed E-state index contributed by atoms with van der Waals surface area (Å²) >= 11 is 0. The lowest BCUT2D eigenvalue weighted by Crippen LogP contribution is -2.49. The molecular formula is C22H32ClN3O3. The summed E-state index contributed by atoms with van der Waals surface area (Å²) < 4.78 is 5.63. The van der Waals surface area contributed by atoms with Crippen LogP contribution in [0.1, 0.15) is 38.5 Å². The van der Waals surface area contributed by atoms with Crippen LogP contribution in [0, 0.1) is 5.92 Å². The van der Waals surface area contributed by atoms with Gasteiger partial charge in [0.25, 0.3) is 0 Å². The fourth-order valence-corrected chi connectivity index (χ4v) is 4.86. The molecule has 4 rings (SSSR count). The molecule has 0 spiro atoms. The van der Waals surface area contributed by atoms with Gasteiger partial charge in [-0.15, -0.1) is 12.4 Å². The van der Waals surface area contributed by atoms with Gasteiger partial charge in [0, 0.05) is 37.6 Å². The summed E-state index contributed by atoms with van der Waals surface area (Å²) in [6.07, 6.45) is 5.30. The van der Waals surface area contributed by atoms with Gasteiger partial charge < -0.3 is 19.9 Å². The van der Waals surface area contributed by atoms with Gasteiger partial charge >= 0.3 is 0 Å². The third-order valence-electron chi connectivity index (χ3n) is 6.43. The van der Waals surface area contributed by atoms with Crippen LogP contribution in [0.15, 0.2) is 30.3 Å². The molecule has 2 atom stereocenters. The van der Waals surface area contributed by atoms with Gasteiger partial charge in [-0.1, -0.05) is 18.2 Å². The fraction of sp³-hybridized carbons (Fsp3) is 0.636. The maximum Gasteiger partial charge on any atom is 0.226 e. The maximum atomic E-state index is 13.1. The molecule has 0 saturated carbocycles. The Morgan fingerprint density at radius 1 is 1.00 bits per heavy atom. The topological polar surface area (TPSA) is 61.9 Å². The number of fused-ring (bicyclic) bond motifs is 2. The minimum absolute atomic E-state index is 0. The van der Waals surface area contributed by atoms with E-state index in [4.69, 9.17) is 4.74 Å². The molecule has 3 fully saturated rings. The molecule has 3 aliphatic heterocycles. The molecule has 3 aliphatic rings. The second-order valence-corrected chi connectivity index (χ2v) is 8.19. The summed E-state index contributed by atoms with van der Waals surface area (Å²) in [6.45, 7) is 3.71. The molecular weight excluding hydrogens is 390 g/mol. The number of piperidine rings is 1. The van der Waals surface area contributed by atoms with E-state index in [0.717, 1.165) is 50.9 Å². The number of hydrogen-bond acceptors (Lipinski definition) is 4. The number of ether oxygens (including phenoxy) is 1. The predicted octanol–water partition coefficient (Wildman–Crippen LogP) is 2.47. The Kier molecular flexibility index (Phi) is 7.78. The molecule has 160 valence electrons. The summed E-state index contributed by atoms with van der Waals surface area (Å²) in [5.41, 5.74) is 0. The minimum atomic E-state index is 0. The Labute approximate surface area is 179 Å². The van der Waals surface area contributed by atoms with Crippen molar-refractivity contribution in [2.45, 2.75) is 50.6 Å². The van der Waals surface area contributed by atoms with E-state index in [-0.39, 0.29) is 24.2 Å². The van der Waals surface area contributed by atoms with E-state index >= 15 is 0 Å². The van der Waals surface area contributed by atoms with Crippen molar-refractivity contribution in [3.63, 3.8) is 0 Å². The first kappa shape index (κ1) is 21.9. The Morgan fingerprint density at radius 2 is 1.72 bits per heavy atom. The number of para-hydroxylation sites is 1. The molecule has 2 unspecified atom stereocenters. The summed E-state index contributed by atoms with van der Waals surface area (Å²) in [5, 5.41) is 3.46. The van der Waals surface area contributed by atoms with Crippen LogP contribution in [0.2, 0.25) is 0 Å². The number of benzene rings is 1. The lowest BCUT2D eigenvalue weighted by atomic mass is 9.94. The molecule has 3 saturated heterocycles. The lowest BCUT2D eigenvalue weighted by molar-refractivity contribution is -0.143. The molecule has 2 bridgehead atoms. The first-order valence-corrected chi connectivity index (χ1v) is 10.7. The summed E-state index contributed by atoms with van der Waals surface area (Å²) in [5.74, 6) is 1.32. The Hall–Kier alpha value is -1.79. The van der Waals surface area contributed by atoms with Crippen LogP contribution in [0.5, 0.6) is 5.75 Å². The van der Waals surface area contributed by atoms with Crippen molar-refractivity contribution in [3.8, 4) is 5.75 Å². The van der Waals surface area contributed by atoms with Gasteiger partial charge in [-0.2, -0.15) is 0 Å². The molecule has 6 nitrogen and oxygen atoms in total. The van der Waals surface area contributed by atoms with Gasteiger partial charge in [0.05, 0.1) is 13.0 Å². The van der Waals surface area contributed by atoms with Crippen molar-refractivity contribution in [2.75, 3.05) is 32.8 Å². The Bertz CT molecular complexity index is 665. The minimum Gasteiger partial charge on any atom is -0.493 e. The Morgan fingerprint density at radius 3 is 2.48 bits per heavy atom. The van der Waals surface area contributed by atoms with E-state index in [9.17, 15) is 9.59 Å². The quantitative estimate of drug-likeness (QED) is 0.793. The average Bonchev–Trinajstić information content (AvgIpc) is 3.00. The van der Waals surface area contributed by atoms with Crippen molar-refractivity contribution in [2.24, 2.45) is 5.92 Å². The van der Waals surface area contributed by atoms with E-state index in [2.05, 4.69) is 10.2 Å². The first-order chi connectivity index (χ1) is 13.7. The van der Waals surface area contributed by atoms with Crippen molar-refractivity contribution >= 4 is 24.2 Å². The molecule has 1 N–H and O–H groups in total. The molecule has 29 heavy (non-hydrogen) atoms. The third-order valence-corrected chi connectivity index (χ3v) is 6.43. The van der Waals surface area contributed by atoms with Crippen LogP contribution in [-0.2, 0) is 9.59 Å². The smallest absolute Gasteiger partial charge is 0.226 e. The van der Waals surface area contributed by atoms with Crippen LogP contribution in [0.3, 0.4) is 0 Å². The summed E-state index contributed by atoms with van der Waals surface area (Å²) in [4.78, 5) is 29.7. The van der Waals surface area contributed by atoms with Crippen LogP contribution < -0.4 is 10.1 Å². The highest BCUT2D eigenvalue weighted by atomic mass is 35.5. The van der Waals surface area contributed by atoms with Gasteiger partial charge in [-0.25, -0.2) is 0 Å². The second kappa shape index (κ2) is 10.3. The third kappa shape index (κ3) is 5.23. The number of rotatable bonds is 5. The van der Waals surface area contributed by atoms with Gasteiger partial charge in [-0.05, 0) is 50.8 Å². The largest absolute Gasteiger partial charge is 0.493 e. The number of hydrogen-bond donors (Lipinski definition) is 1. The Balaban J connectivity index is 0.00000240. The molecule has 1 aromatic carbocycles. The van der Waals surface area contributed by atoms with Gasteiger partial charge in [0.15, 0.2) is 0 Å². The van der Waals surface area contributed by atoms with E-state index in [1.165, 1.54) is 0 Å². The van der Waals surface area contributed by atoms with Crippen LogP contribution in [-0.4, -0.2) is 66.5 Å². The SMILES string of the molecule is Cl.O=C(CCOc1ccccc1)N1CCC(C(=O)N2C3CCNCC2CC3)CC1. The molecule has 0 aromatic heterocycles. The first-order valence-electron chi connectivity index (χ1n) is 10.7. The normalized spacial score (nSPS) is 24.6. The zero-order valence-corrected chi connectivity index (χ0v) is 17.7. The number of nitrogens with one attached hydrogen (secondary N) is 1. The van der Waals surface area contributed by atoms with E-state index in [1.807, 2.05) is 35.2 Å². The molecule has 2 amide bonds. The monoisotopic (exact) mass is 421 g/mol. The van der Waals surface area contributed by atoms with Crippen molar-refractivity contribution in [3.05, 3.63) is 30.3 Å². The van der Waals surface area contributed by atoms with E-state index in [0.29, 0.717) is 44.1 Å². The second-order valence-electron chi connectivity index (χ2n) is 8.19. The standard InChI is InChI=1S/C22H31N3O3.ClH/c26-21(11-15-28-20-4-2-1-3-5-20)24-13-9-17(10-14-24)22(27)25-18-6-7-19(25)16-23-12-8-18;/h1-5,17-19,23H,6-16H2;1H. The predicted molar refractivity (Wildman–Crippen MR) is 114 cm³/mol. The molecule has 0 aliphatic carbocycles. The highest BCUT2D eigenvalue weighted by Gasteiger charge is 2.41.